The van der Waals surface area contributed by atoms with Crippen molar-refractivity contribution in [2.24, 2.45) is 0 Å². The number of rotatable bonds is 3. The summed E-state index contributed by atoms with van der Waals surface area (Å²) in [6.45, 7) is 1.62. The number of halogens is 1. The normalized spacial score (nSPS) is 10.1. The molecular formula is C12H9FN2O3. The maximum absolute atomic E-state index is 12.9. The summed E-state index contributed by atoms with van der Waals surface area (Å²) in [6, 6.07) is 6.62. The van der Waals surface area contributed by atoms with E-state index in [2.05, 4.69) is 9.97 Å². The number of carbonyl (C=O) groups is 1. The van der Waals surface area contributed by atoms with E-state index >= 15 is 0 Å². The lowest BCUT2D eigenvalue weighted by atomic mass is 10.3. The number of hydrogen-bond acceptors (Lipinski definition) is 4. The molecule has 0 aliphatic carbocycles. The third kappa shape index (κ3) is 2.79. The monoisotopic (exact) mass is 248 g/mol. The van der Waals surface area contributed by atoms with E-state index in [1.54, 1.807) is 6.92 Å². The van der Waals surface area contributed by atoms with Gasteiger partial charge in [0.2, 0.25) is 0 Å². The van der Waals surface area contributed by atoms with Crippen molar-refractivity contribution in [1.82, 2.24) is 9.97 Å². The van der Waals surface area contributed by atoms with Crippen LogP contribution < -0.4 is 4.74 Å². The average Bonchev–Trinajstić information content (AvgIpc) is 2.28. The second kappa shape index (κ2) is 4.79. The van der Waals surface area contributed by atoms with E-state index in [-0.39, 0.29) is 17.5 Å². The van der Waals surface area contributed by atoms with E-state index in [4.69, 9.17) is 9.84 Å². The van der Waals surface area contributed by atoms with Gasteiger partial charge in [0, 0.05) is 11.8 Å². The highest BCUT2D eigenvalue weighted by Crippen LogP contribution is 2.19. The standard InChI is InChI=1S/C12H9FN2O3/c1-7-5-10(11(16)17)15-12(14-7)18-9-4-2-3-8(13)6-9/h2-6H,1H3,(H,16,17). The first-order valence-electron chi connectivity index (χ1n) is 5.07. The van der Waals surface area contributed by atoms with Crippen molar-refractivity contribution in [3.8, 4) is 11.8 Å². The van der Waals surface area contributed by atoms with E-state index in [1.807, 2.05) is 0 Å². The van der Waals surface area contributed by atoms with Crippen molar-refractivity contribution in [2.45, 2.75) is 6.92 Å². The quantitative estimate of drug-likeness (QED) is 0.902. The van der Waals surface area contributed by atoms with Crippen LogP contribution in [0.5, 0.6) is 11.8 Å². The highest BCUT2D eigenvalue weighted by atomic mass is 19.1. The summed E-state index contributed by atoms with van der Waals surface area (Å²) in [6.07, 6.45) is 0. The van der Waals surface area contributed by atoms with Crippen LogP contribution in [0.3, 0.4) is 0 Å². The molecule has 0 fully saturated rings. The van der Waals surface area contributed by atoms with E-state index in [0.717, 1.165) is 6.07 Å². The molecule has 2 rings (SSSR count). The predicted molar refractivity (Wildman–Crippen MR) is 60.2 cm³/mol. The Bertz CT molecular complexity index is 602. The Balaban J connectivity index is 2.31. The highest BCUT2D eigenvalue weighted by molar-refractivity contribution is 5.85. The topological polar surface area (TPSA) is 72.3 Å². The van der Waals surface area contributed by atoms with Gasteiger partial charge in [-0.3, -0.25) is 0 Å². The summed E-state index contributed by atoms with van der Waals surface area (Å²) >= 11 is 0. The lowest BCUT2D eigenvalue weighted by Crippen LogP contribution is -2.04. The first-order valence-corrected chi connectivity index (χ1v) is 5.07. The van der Waals surface area contributed by atoms with Crippen LogP contribution in [-0.2, 0) is 0 Å². The summed E-state index contributed by atoms with van der Waals surface area (Å²) in [5, 5.41) is 8.84. The average molecular weight is 248 g/mol. The van der Waals surface area contributed by atoms with Gasteiger partial charge in [-0.1, -0.05) is 6.07 Å². The van der Waals surface area contributed by atoms with Gasteiger partial charge < -0.3 is 9.84 Å². The van der Waals surface area contributed by atoms with Gasteiger partial charge in [0.05, 0.1) is 0 Å². The summed E-state index contributed by atoms with van der Waals surface area (Å²) < 4.78 is 18.1. The number of carboxylic acids is 1. The summed E-state index contributed by atoms with van der Waals surface area (Å²) in [4.78, 5) is 18.4. The lowest BCUT2D eigenvalue weighted by molar-refractivity contribution is 0.0689. The Kier molecular flexibility index (Phi) is 3.18. The maximum Gasteiger partial charge on any atom is 0.354 e. The SMILES string of the molecule is Cc1cc(C(=O)O)nc(Oc2cccc(F)c2)n1. The molecule has 0 amide bonds. The van der Waals surface area contributed by atoms with Gasteiger partial charge in [0.1, 0.15) is 11.6 Å². The zero-order chi connectivity index (χ0) is 13.1. The van der Waals surface area contributed by atoms with Crippen LogP contribution in [0.25, 0.3) is 0 Å². The number of aromatic carboxylic acids is 1. The molecule has 18 heavy (non-hydrogen) atoms. The minimum absolute atomic E-state index is 0.127. The van der Waals surface area contributed by atoms with Crippen molar-refractivity contribution in [1.29, 1.82) is 0 Å². The molecular weight excluding hydrogens is 239 g/mol. The zero-order valence-corrected chi connectivity index (χ0v) is 9.42. The zero-order valence-electron chi connectivity index (χ0n) is 9.42. The number of aryl methyl sites for hydroxylation is 1. The summed E-state index contributed by atoms with van der Waals surface area (Å²) in [5.41, 5.74) is 0.280. The number of nitrogens with zero attached hydrogens (tertiary/aromatic N) is 2. The number of aromatic nitrogens is 2. The van der Waals surface area contributed by atoms with Crippen molar-refractivity contribution in [2.75, 3.05) is 0 Å². The fourth-order valence-corrected chi connectivity index (χ4v) is 1.33. The molecule has 0 saturated carbocycles. The lowest BCUT2D eigenvalue weighted by Gasteiger charge is -2.05. The molecule has 2 aromatic rings. The van der Waals surface area contributed by atoms with Gasteiger partial charge in [-0.2, -0.15) is 4.98 Å². The van der Waals surface area contributed by atoms with Crippen LogP contribution in [0.4, 0.5) is 4.39 Å². The highest BCUT2D eigenvalue weighted by Gasteiger charge is 2.10. The fourth-order valence-electron chi connectivity index (χ4n) is 1.33. The molecule has 0 unspecified atom stereocenters. The van der Waals surface area contributed by atoms with Crippen LogP contribution in [0.15, 0.2) is 30.3 Å². The molecule has 0 atom stereocenters. The van der Waals surface area contributed by atoms with Crippen LogP contribution in [-0.4, -0.2) is 21.0 Å². The van der Waals surface area contributed by atoms with Gasteiger partial charge in [0.25, 0.3) is 0 Å². The molecule has 0 aliphatic rings. The molecule has 6 heteroatoms. The van der Waals surface area contributed by atoms with Gasteiger partial charge >= 0.3 is 12.0 Å². The first-order chi connectivity index (χ1) is 8.54. The molecule has 92 valence electrons. The van der Waals surface area contributed by atoms with Crippen LogP contribution in [0.2, 0.25) is 0 Å². The van der Waals surface area contributed by atoms with Crippen molar-refractivity contribution in [3.63, 3.8) is 0 Å². The van der Waals surface area contributed by atoms with Gasteiger partial charge in [-0.15, -0.1) is 0 Å². The number of ether oxygens (including phenoxy) is 1. The minimum atomic E-state index is -1.18. The molecule has 1 aromatic heterocycles. The third-order valence-electron chi connectivity index (χ3n) is 2.06. The molecule has 0 radical (unpaired) electrons. The third-order valence-corrected chi connectivity index (χ3v) is 2.06. The number of benzene rings is 1. The Hall–Kier alpha value is -2.50. The summed E-state index contributed by atoms with van der Waals surface area (Å²) in [5.74, 6) is -1.43. The molecule has 0 spiro atoms. The van der Waals surface area contributed by atoms with E-state index in [0.29, 0.717) is 5.69 Å². The van der Waals surface area contributed by atoms with Gasteiger partial charge in [-0.05, 0) is 25.1 Å². The van der Waals surface area contributed by atoms with E-state index in [9.17, 15) is 9.18 Å². The Morgan fingerprint density at radius 1 is 1.33 bits per heavy atom. The van der Waals surface area contributed by atoms with Crippen LogP contribution >= 0.6 is 0 Å². The van der Waals surface area contributed by atoms with Crippen molar-refractivity contribution < 1.29 is 19.0 Å². The van der Waals surface area contributed by atoms with Crippen molar-refractivity contribution >= 4 is 5.97 Å². The minimum Gasteiger partial charge on any atom is -0.477 e. The van der Waals surface area contributed by atoms with Gasteiger partial charge in [0.15, 0.2) is 5.69 Å². The predicted octanol–water partition coefficient (Wildman–Crippen LogP) is 2.41. The second-order valence-electron chi connectivity index (χ2n) is 3.54. The van der Waals surface area contributed by atoms with Crippen molar-refractivity contribution in [3.05, 3.63) is 47.5 Å². The molecule has 1 aromatic carbocycles. The molecule has 0 aliphatic heterocycles. The van der Waals surface area contributed by atoms with E-state index in [1.165, 1.54) is 24.3 Å². The fraction of sp³-hybridized carbons (Fsp3) is 0.0833. The summed E-state index contributed by atoms with van der Waals surface area (Å²) in [7, 11) is 0. The van der Waals surface area contributed by atoms with Crippen LogP contribution in [0.1, 0.15) is 16.2 Å². The molecule has 1 N–H and O–H groups in total. The Morgan fingerprint density at radius 2 is 2.11 bits per heavy atom. The molecule has 0 saturated heterocycles. The molecule has 0 bridgehead atoms. The maximum atomic E-state index is 12.9. The largest absolute Gasteiger partial charge is 0.477 e. The Morgan fingerprint density at radius 3 is 2.78 bits per heavy atom. The molecule has 1 heterocycles. The smallest absolute Gasteiger partial charge is 0.354 e. The first kappa shape index (κ1) is 12.0. The number of hydrogen-bond donors (Lipinski definition) is 1. The van der Waals surface area contributed by atoms with Gasteiger partial charge in [-0.25, -0.2) is 14.2 Å². The van der Waals surface area contributed by atoms with E-state index < -0.39 is 11.8 Å². The van der Waals surface area contributed by atoms with Crippen LogP contribution in [0, 0.1) is 12.7 Å². The second-order valence-corrected chi connectivity index (χ2v) is 3.54. The molecule has 5 nitrogen and oxygen atoms in total. The number of carboxylic acid groups (broad SMARTS) is 1. The Labute approximate surface area is 102 Å².